The van der Waals surface area contributed by atoms with Crippen molar-refractivity contribution in [1.82, 2.24) is 15.2 Å². The summed E-state index contributed by atoms with van der Waals surface area (Å²) in [5.74, 6) is 12.5. The highest BCUT2D eigenvalue weighted by molar-refractivity contribution is 5.94. The predicted octanol–water partition coefficient (Wildman–Crippen LogP) is 2.51. The minimum Gasteiger partial charge on any atom is -0.465 e. The van der Waals surface area contributed by atoms with E-state index in [9.17, 15) is 19.2 Å². The van der Waals surface area contributed by atoms with Gasteiger partial charge in [0.15, 0.2) is 0 Å². The highest BCUT2D eigenvalue weighted by Crippen LogP contribution is 2.20. The van der Waals surface area contributed by atoms with Gasteiger partial charge in [-0.1, -0.05) is 7.43 Å². The van der Waals surface area contributed by atoms with Crippen LogP contribution in [0, 0.1) is 0 Å². The van der Waals surface area contributed by atoms with Crippen molar-refractivity contribution in [3.8, 4) is 0 Å². The minimum atomic E-state index is -0.479. The molecule has 2 fully saturated rings. The smallest absolute Gasteiger partial charge is 0.410 e. The van der Waals surface area contributed by atoms with Crippen LogP contribution in [-0.2, 0) is 14.2 Å². The maximum absolute atomic E-state index is 12.0. The number of hydrogen-bond acceptors (Lipinski definition) is 12. The zero-order valence-corrected chi connectivity index (χ0v) is 29.7. The van der Waals surface area contributed by atoms with E-state index in [1.54, 1.807) is 34.1 Å². The molecule has 0 aliphatic carbocycles. The van der Waals surface area contributed by atoms with Crippen molar-refractivity contribution < 1.29 is 38.9 Å². The highest BCUT2D eigenvalue weighted by atomic mass is 16.6. The van der Waals surface area contributed by atoms with Gasteiger partial charge in [-0.15, -0.1) is 0 Å². The van der Waals surface area contributed by atoms with Crippen LogP contribution >= 0.6 is 0 Å². The summed E-state index contributed by atoms with van der Waals surface area (Å²) in [6.07, 6.45) is -0.537. The first-order valence-corrected chi connectivity index (χ1v) is 15.7. The van der Waals surface area contributed by atoms with Crippen LogP contribution < -0.4 is 32.8 Å². The number of carbonyl (C=O) groups is 4. The zero-order chi connectivity index (χ0) is 36.1. The summed E-state index contributed by atoms with van der Waals surface area (Å²) in [7, 11) is 1.37. The largest absolute Gasteiger partial charge is 0.465 e. The molecule has 16 nitrogen and oxygen atoms in total. The van der Waals surface area contributed by atoms with E-state index >= 15 is 0 Å². The highest BCUT2D eigenvalue weighted by Gasteiger charge is 2.27. The van der Waals surface area contributed by atoms with Crippen LogP contribution in [0.1, 0.15) is 69.7 Å². The summed E-state index contributed by atoms with van der Waals surface area (Å²) in [6, 6.07) is 14.5. The number of nitrogens with zero attached hydrogens (tertiary/aromatic N) is 4. The molecule has 2 aromatic rings. The van der Waals surface area contributed by atoms with E-state index in [0.29, 0.717) is 37.3 Å². The Hall–Kier alpha value is -4.64. The van der Waals surface area contributed by atoms with E-state index in [4.69, 9.17) is 20.1 Å². The molecular weight excluding hydrogens is 648 g/mol. The lowest BCUT2D eigenvalue weighted by molar-refractivity contribution is 0.0230. The summed E-state index contributed by atoms with van der Waals surface area (Å²) in [5.41, 5.74) is 4.25. The van der Waals surface area contributed by atoms with E-state index in [-0.39, 0.29) is 37.0 Å². The van der Waals surface area contributed by atoms with Gasteiger partial charge >= 0.3 is 18.2 Å². The number of methoxy groups -OCH3 is 1. The molecule has 0 atom stereocenters. The normalized spacial score (nSPS) is 14.2. The number of hydrogen-bond donors (Lipinski definition) is 4. The number of piperazine rings is 2. The van der Waals surface area contributed by atoms with E-state index in [1.165, 1.54) is 7.11 Å². The van der Waals surface area contributed by atoms with Crippen molar-refractivity contribution in [3.63, 3.8) is 0 Å². The number of benzene rings is 2. The molecular formula is C34H58N8O8. The molecule has 0 bridgehead atoms. The molecule has 2 aliphatic heterocycles. The second-order valence-corrected chi connectivity index (χ2v) is 13.0. The number of hydrazine groups is 2. The molecule has 0 saturated carbocycles. The van der Waals surface area contributed by atoms with Crippen molar-refractivity contribution in [2.24, 2.45) is 17.5 Å². The molecule has 16 heteroatoms. The topological polar surface area (TPSA) is 231 Å². The van der Waals surface area contributed by atoms with Gasteiger partial charge in [-0.3, -0.25) is 21.9 Å². The van der Waals surface area contributed by atoms with Crippen molar-refractivity contribution in [3.05, 3.63) is 59.7 Å². The molecule has 0 aromatic heterocycles. The van der Waals surface area contributed by atoms with Crippen molar-refractivity contribution in [2.45, 2.75) is 60.2 Å². The van der Waals surface area contributed by atoms with Crippen LogP contribution in [-0.4, -0.2) is 110 Å². The molecule has 0 unspecified atom stereocenters. The van der Waals surface area contributed by atoms with Gasteiger partial charge in [0, 0.05) is 69.3 Å². The van der Waals surface area contributed by atoms with Gasteiger partial charge in [0.1, 0.15) is 11.2 Å². The van der Waals surface area contributed by atoms with Crippen molar-refractivity contribution >= 4 is 35.4 Å². The van der Waals surface area contributed by atoms with Gasteiger partial charge in [-0.25, -0.2) is 20.2 Å². The second kappa shape index (κ2) is 20.8. The number of ether oxygens (including phenoxy) is 3. The number of carbonyl (C=O) groups excluding carboxylic acids is 4. The quantitative estimate of drug-likeness (QED) is 0.118. The van der Waals surface area contributed by atoms with E-state index in [1.807, 2.05) is 65.8 Å². The molecule has 2 aliphatic rings. The van der Waals surface area contributed by atoms with Gasteiger partial charge in [-0.2, -0.15) is 0 Å². The summed E-state index contributed by atoms with van der Waals surface area (Å²) < 4.78 is 15.5. The average molecular weight is 707 g/mol. The first kappa shape index (κ1) is 45.4. The molecule has 50 heavy (non-hydrogen) atoms. The molecule has 2 saturated heterocycles. The molecule has 9 N–H and O–H groups in total. The Bertz CT molecular complexity index is 1230. The minimum absolute atomic E-state index is 0. The third kappa shape index (κ3) is 14.5. The van der Waals surface area contributed by atoms with Crippen LogP contribution in [0.15, 0.2) is 48.5 Å². The fourth-order valence-corrected chi connectivity index (χ4v) is 4.78. The Morgan fingerprint density at radius 1 is 0.620 bits per heavy atom. The molecule has 4 rings (SSSR count). The Balaban J connectivity index is 0.000000881. The maximum Gasteiger partial charge on any atom is 0.410 e. The fourth-order valence-electron chi connectivity index (χ4n) is 4.78. The number of nitrogens with one attached hydrogen (secondary N) is 1. The van der Waals surface area contributed by atoms with Gasteiger partial charge in [0.2, 0.25) is 0 Å². The second-order valence-electron chi connectivity index (χ2n) is 13.0. The monoisotopic (exact) mass is 706 g/mol. The summed E-state index contributed by atoms with van der Waals surface area (Å²) in [4.78, 5) is 54.7. The van der Waals surface area contributed by atoms with Crippen LogP contribution in [0.5, 0.6) is 0 Å². The van der Waals surface area contributed by atoms with Crippen LogP contribution in [0.2, 0.25) is 0 Å². The molecule has 0 spiro atoms. The summed E-state index contributed by atoms with van der Waals surface area (Å²) in [5, 5.41) is 0. The van der Waals surface area contributed by atoms with Gasteiger partial charge in [-0.05, 0) is 90.1 Å². The molecule has 2 aromatic carbocycles. The van der Waals surface area contributed by atoms with Crippen LogP contribution in [0.25, 0.3) is 0 Å². The molecule has 282 valence electrons. The third-order valence-corrected chi connectivity index (χ3v) is 7.14. The first-order valence-electron chi connectivity index (χ1n) is 15.7. The SMILES string of the molecule is C.CC(C)(C)OC(=O)N1CCN(c2ccc(C(=O)NN)cc2)CC1.COC(=O)c1ccc(N2CCN(C(=O)OC(C)(C)C)CC2)cc1.NN.O. The van der Waals surface area contributed by atoms with Crippen LogP contribution in [0.4, 0.5) is 21.0 Å². The van der Waals surface area contributed by atoms with Crippen LogP contribution in [0.3, 0.4) is 0 Å². The molecule has 3 amide bonds. The number of esters is 1. The number of nitrogen functional groups attached to an aromatic ring is 1. The van der Waals surface area contributed by atoms with E-state index in [0.717, 1.165) is 37.6 Å². The third-order valence-electron chi connectivity index (χ3n) is 7.14. The lowest BCUT2D eigenvalue weighted by Crippen LogP contribution is -2.50. The van der Waals surface area contributed by atoms with E-state index < -0.39 is 11.2 Å². The summed E-state index contributed by atoms with van der Waals surface area (Å²) >= 11 is 0. The lowest BCUT2D eigenvalue weighted by atomic mass is 10.1. The Morgan fingerprint density at radius 3 is 1.22 bits per heavy atom. The number of rotatable bonds is 4. The standard InChI is InChI=1S/C17H24N2O4.C16H24N4O3.CH4.H4N2.H2O/c1-17(2,3)23-16(21)19-11-9-18(10-12-19)14-7-5-13(6-8-14)15(20)22-4;1-16(2,3)23-15(22)20-10-8-19(9-11-20)13-6-4-12(5-7-13)14(21)18-17;;1-2;/h5-8H,9-12H2,1-4H3;4-7H,8-11,17H2,1-3H3,(H,18,21);1H4;1-2H2;1H2. The zero-order valence-electron chi connectivity index (χ0n) is 29.7. The number of anilines is 2. The average Bonchev–Trinajstić information content (AvgIpc) is 3.07. The maximum atomic E-state index is 12.0. The lowest BCUT2D eigenvalue weighted by Gasteiger charge is -2.36. The fraction of sp³-hybridized carbons (Fsp3) is 0.529. The van der Waals surface area contributed by atoms with Gasteiger partial charge in [0.05, 0.1) is 12.7 Å². The predicted molar refractivity (Wildman–Crippen MR) is 195 cm³/mol. The Labute approximate surface area is 296 Å². The molecule has 2 heterocycles. The Kier molecular flexibility index (Phi) is 18.8. The first-order chi connectivity index (χ1) is 22.6. The van der Waals surface area contributed by atoms with Crippen molar-refractivity contribution in [2.75, 3.05) is 69.3 Å². The Morgan fingerprint density at radius 2 is 0.940 bits per heavy atom. The number of nitrogens with two attached hydrogens (primary N) is 3. The van der Waals surface area contributed by atoms with Gasteiger partial charge < -0.3 is 39.3 Å². The molecule has 0 radical (unpaired) electrons. The van der Waals surface area contributed by atoms with E-state index in [2.05, 4.69) is 26.9 Å². The van der Waals surface area contributed by atoms with Crippen molar-refractivity contribution in [1.29, 1.82) is 0 Å². The summed E-state index contributed by atoms with van der Waals surface area (Å²) in [6.45, 7) is 16.6. The number of amides is 3. The van der Waals surface area contributed by atoms with Gasteiger partial charge in [0.25, 0.3) is 5.91 Å².